The van der Waals surface area contributed by atoms with Gasteiger partial charge in [0.2, 0.25) is 10.9 Å². The molecule has 0 saturated carbocycles. The molecule has 0 saturated heterocycles. The Kier molecular flexibility index (Phi) is 3.38. The lowest BCUT2D eigenvalue weighted by Crippen LogP contribution is -2.12. The van der Waals surface area contributed by atoms with Gasteiger partial charge >= 0.3 is 5.76 Å². The fraction of sp³-hybridized carbons (Fsp3) is 0.214. The van der Waals surface area contributed by atoms with Gasteiger partial charge in [-0.3, -0.25) is 9.78 Å². The molecule has 2 N–H and O–H groups in total. The molecule has 0 aliphatic rings. The Morgan fingerprint density at radius 3 is 3.12 bits per heavy atom. The Balaban J connectivity index is 1.42. The second-order valence-corrected chi connectivity index (χ2v) is 6.25. The molecule has 3 aromatic heterocycles. The minimum atomic E-state index is -0.521. The first kappa shape index (κ1) is 14.6. The zero-order chi connectivity index (χ0) is 16.7. The van der Waals surface area contributed by atoms with Crippen LogP contribution in [0, 0.1) is 6.92 Å². The van der Waals surface area contributed by atoms with E-state index in [1.165, 1.54) is 11.3 Å². The van der Waals surface area contributed by atoms with Gasteiger partial charge < -0.3 is 9.73 Å². The summed E-state index contributed by atoms with van der Waals surface area (Å²) in [4.78, 5) is 26.5. The van der Waals surface area contributed by atoms with E-state index in [0.29, 0.717) is 29.6 Å². The lowest BCUT2D eigenvalue weighted by molar-refractivity contribution is -0.116. The summed E-state index contributed by atoms with van der Waals surface area (Å²) in [5.41, 5.74) is 1.59. The Bertz CT molecular complexity index is 1100. The molecule has 4 rings (SSSR count). The second-order valence-electron chi connectivity index (χ2n) is 5.21. The van der Waals surface area contributed by atoms with Crippen LogP contribution in [0.15, 0.2) is 27.4 Å². The SMILES string of the molecule is Cc1nnc2sc(CCC(=O)Nc3ccc4oc(=O)[nH]c4c3)nn12. The van der Waals surface area contributed by atoms with Gasteiger partial charge in [0.25, 0.3) is 0 Å². The number of nitrogens with zero attached hydrogens (tertiary/aromatic N) is 4. The first-order valence-electron chi connectivity index (χ1n) is 7.19. The van der Waals surface area contributed by atoms with Crippen molar-refractivity contribution in [1.29, 1.82) is 0 Å². The van der Waals surface area contributed by atoms with Gasteiger partial charge in [-0.2, -0.15) is 9.61 Å². The highest BCUT2D eigenvalue weighted by Gasteiger charge is 2.11. The summed E-state index contributed by atoms with van der Waals surface area (Å²) in [7, 11) is 0. The molecule has 9 nitrogen and oxygen atoms in total. The van der Waals surface area contributed by atoms with Gasteiger partial charge in [-0.1, -0.05) is 11.3 Å². The van der Waals surface area contributed by atoms with Crippen molar-refractivity contribution in [3.8, 4) is 0 Å². The van der Waals surface area contributed by atoms with E-state index < -0.39 is 5.76 Å². The summed E-state index contributed by atoms with van der Waals surface area (Å²) < 4.78 is 6.59. The number of amides is 1. The molecule has 0 spiro atoms. The van der Waals surface area contributed by atoms with Gasteiger partial charge in [-0.05, 0) is 25.1 Å². The number of aromatic nitrogens is 5. The summed E-state index contributed by atoms with van der Waals surface area (Å²) in [5, 5.41) is 15.9. The summed E-state index contributed by atoms with van der Waals surface area (Å²) in [6.07, 6.45) is 0.813. The zero-order valence-corrected chi connectivity index (χ0v) is 13.4. The fourth-order valence-electron chi connectivity index (χ4n) is 2.33. The Labute approximate surface area is 138 Å². The number of carbonyl (C=O) groups excluding carboxylic acids is 1. The topological polar surface area (TPSA) is 118 Å². The number of hydrogen-bond donors (Lipinski definition) is 2. The third kappa shape index (κ3) is 2.67. The van der Waals surface area contributed by atoms with Crippen molar-refractivity contribution in [1.82, 2.24) is 24.8 Å². The standard InChI is InChI=1S/C14H12N6O3S/c1-7-17-18-13-20(7)19-12(24-13)5-4-11(21)15-8-2-3-10-9(6-8)16-14(22)23-10/h2-3,6H,4-5H2,1H3,(H,15,21)(H,16,22). The normalized spacial score (nSPS) is 11.4. The summed E-state index contributed by atoms with van der Waals surface area (Å²) >= 11 is 1.42. The molecule has 0 fully saturated rings. The van der Waals surface area contributed by atoms with Crippen molar-refractivity contribution in [3.63, 3.8) is 0 Å². The van der Waals surface area contributed by atoms with E-state index in [1.54, 1.807) is 22.7 Å². The quantitative estimate of drug-likeness (QED) is 0.579. The molecule has 0 unspecified atom stereocenters. The van der Waals surface area contributed by atoms with Gasteiger partial charge in [0, 0.05) is 18.5 Å². The molecule has 24 heavy (non-hydrogen) atoms. The van der Waals surface area contributed by atoms with E-state index in [0.717, 1.165) is 15.8 Å². The molecule has 4 aromatic rings. The van der Waals surface area contributed by atoms with Crippen molar-refractivity contribution in [2.24, 2.45) is 0 Å². The van der Waals surface area contributed by atoms with Crippen LogP contribution in [-0.2, 0) is 11.2 Å². The molecule has 10 heteroatoms. The van der Waals surface area contributed by atoms with Crippen LogP contribution >= 0.6 is 11.3 Å². The van der Waals surface area contributed by atoms with Gasteiger partial charge in [0.05, 0.1) is 5.52 Å². The fourth-order valence-corrected chi connectivity index (χ4v) is 3.21. The third-order valence-corrected chi connectivity index (χ3v) is 4.42. The van der Waals surface area contributed by atoms with E-state index in [2.05, 4.69) is 25.6 Å². The minimum Gasteiger partial charge on any atom is -0.408 e. The van der Waals surface area contributed by atoms with Crippen LogP contribution in [0.5, 0.6) is 0 Å². The number of aromatic amines is 1. The second kappa shape index (κ2) is 5.57. The van der Waals surface area contributed by atoms with Crippen molar-refractivity contribution in [2.45, 2.75) is 19.8 Å². The van der Waals surface area contributed by atoms with Crippen LogP contribution in [0.25, 0.3) is 16.1 Å². The number of carbonyl (C=O) groups is 1. The molecule has 0 aliphatic carbocycles. The lowest BCUT2D eigenvalue weighted by atomic mass is 10.2. The van der Waals surface area contributed by atoms with Crippen LogP contribution in [-0.4, -0.2) is 30.7 Å². The van der Waals surface area contributed by atoms with E-state index in [4.69, 9.17) is 4.42 Å². The summed E-state index contributed by atoms with van der Waals surface area (Å²) in [6.45, 7) is 1.83. The Morgan fingerprint density at radius 1 is 1.42 bits per heavy atom. The summed E-state index contributed by atoms with van der Waals surface area (Å²) in [6, 6.07) is 4.97. The van der Waals surface area contributed by atoms with Crippen LogP contribution in [0.3, 0.4) is 0 Å². The molecule has 0 radical (unpaired) electrons. The number of aryl methyl sites for hydroxylation is 2. The zero-order valence-electron chi connectivity index (χ0n) is 12.6. The average Bonchev–Trinajstić information content (AvgIpc) is 3.20. The van der Waals surface area contributed by atoms with E-state index in [-0.39, 0.29) is 5.91 Å². The molecule has 1 aromatic carbocycles. The minimum absolute atomic E-state index is 0.136. The molecule has 3 heterocycles. The molecule has 0 aliphatic heterocycles. The van der Waals surface area contributed by atoms with E-state index in [1.807, 2.05) is 6.92 Å². The van der Waals surface area contributed by atoms with E-state index >= 15 is 0 Å². The third-order valence-electron chi connectivity index (χ3n) is 3.46. The van der Waals surface area contributed by atoms with Gasteiger partial charge in [0.15, 0.2) is 11.4 Å². The van der Waals surface area contributed by atoms with Crippen molar-refractivity contribution >= 4 is 39.0 Å². The number of nitrogens with one attached hydrogen (secondary N) is 2. The smallest absolute Gasteiger partial charge is 0.408 e. The van der Waals surface area contributed by atoms with Crippen LogP contribution < -0.4 is 11.1 Å². The molecule has 1 amide bonds. The number of oxazole rings is 1. The van der Waals surface area contributed by atoms with Gasteiger partial charge in [-0.25, -0.2) is 4.79 Å². The van der Waals surface area contributed by atoms with Crippen LogP contribution in [0.4, 0.5) is 5.69 Å². The van der Waals surface area contributed by atoms with Crippen LogP contribution in [0.1, 0.15) is 17.3 Å². The van der Waals surface area contributed by atoms with Gasteiger partial charge in [-0.15, -0.1) is 10.2 Å². The Hall–Kier alpha value is -3.01. The molecule has 0 bridgehead atoms. The number of fused-ring (bicyclic) bond motifs is 2. The molecular formula is C14H12N6O3S. The highest BCUT2D eigenvalue weighted by atomic mass is 32.1. The predicted molar refractivity (Wildman–Crippen MR) is 87.2 cm³/mol. The maximum atomic E-state index is 12.1. The average molecular weight is 344 g/mol. The summed E-state index contributed by atoms with van der Waals surface area (Å²) in [5.74, 6) is 0.0641. The largest absolute Gasteiger partial charge is 0.417 e. The maximum Gasteiger partial charge on any atom is 0.417 e. The van der Waals surface area contributed by atoms with Crippen molar-refractivity contribution < 1.29 is 9.21 Å². The number of anilines is 1. The van der Waals surface area contributed by atoms with Gasteiger partial charge in [0.1, 0.15) is 5.01 Å². The van der Waals surface area contributed by atoms with Crippen molar-refractivity contribution in [2.75, 3.05) is 5.32 Å². The highest BCUT2D eigenvalue weighted by Crippen LogP contribution is 2.18. The van der Waals surface area contributed by atoms with E-state index in [9.17, 15) is 9.59 Å². The van der Waals surface area contributed by atoms with Crippen LogP contribution in [0.2, 0.25) is 0 Å². The highest BCUT2D eigenvalue weighted by molar-refractivity contribution is 7.16. The monoisotopic (exact) mass is 344 g/mol. The first-order valence-corrected chi connectivity index (χ1v) is 8.00. The Morgan fingerprint density at radius 2 is 2.29 bits per heavy atom. The predicted octanol–water partition coefficient (Wildman–Crippen LogP) is 1.50. The van der Waals surface area contributed by atoms with Crippen molar-refractivity contribution in [3.05, 3.63) is 39.6 Å². The maximum absolute atomic E-state index is 12.1. The molecular weight excluding hydrogens is 332 g/mol. The molecule has 0 atom stereocenters. The number of rotatable bonds is 4. The lowest BCUT2D eigenvalue weighted by Gasteiger charge is -2.03. The number of hydrogen-bond acceptors (Lipinski definition) is 7. The number of benzene rings is 1. The first-order chi connectivity index (χ1) is 11.6. The number of H-pyrrole nitrogens is 1. The molecule has 122 valence electrons.